The van der Waals surface area contributed by atoms with E-state index in [-0.39, 0.29) is 43.7 Å². The molecule has 3 heterocycles. The predicted molar refractivity (Wildman–Crippen MR) is 96.0 cm³/mol. The molecule has 24 heavy (non-hydrogen) atoms. The van der Waals surface area contributed by atoms with Crippen LogP contribution in [0.25, 0.3) is 0 Å². The normalized spacial score (nSPS) is 27.0. The van der Waals surface area contributed by atoms with Crippen LogP contribution in [0.3, 0.4) is 0 Å². The van der Waals surface area contributed by atoms with Gasteiger partial charge in [0.15, 0.2) is 0 Å². The largest absolute Gasteiger partial charge is 0.481 e. The zero-order chi connectivity index (χ0) is 16.8. The van der Waals surface area contributed by atoms with Gasteiger partial charge in [0.05, 0.1) is 5.02 Å². The summed E-state index contributed by atoms with van der Waals surface area (Å²) in [4.78, 5) is 10.9. The van der Waals surface area contributed by atoms with Crippen LogP contribution in [0.4, 0.5) is 0 Å². The summed E-state index contributed by atoms with van der Waals surface area (Å²) in [6.07, 6.45) is 0.515. The second-order valence-electron chi connectivity index (χ2n) is 6.07. The Morgan fingerprint density at radius 1 is 1.50 bits per heavy atom. The summed E-state index contributed by atoms with van der Waals surface area (Å²) < 4.78 is 27.4. The first-order chi connectivity index (χ1) is 10.7. The number of fused-ring (bicyclic) bond motifs is 1. The lowest BCUT2D eigenvalue weighted by molar-refractivity contribution is -0.137. The summed E-state index contributed by atoms with van der Waals surface area (Å²) in [6, 6.07) is 1.38. The highest BCUT2D eigenvalue weighted by atomic mass is 35.5. The highest BCUT2D eigenvalue weighted by Crippen LogP contribution is 2.45. The van der Waals surface area contributed by atoms with Gasteiger partial charge in [0.2, 0.25) is 0 Å². The summed E-state index contributed by atoms with van der Waals surface area (Å²) >= 11 is 12.7. The SMILES string of the molecule is Cl.O=C(O)CCC12CNCC1CN(S(=O)(=O)c1cc(Cl)c(Cl)s1)C2. The van der Waals surface area contributed by atoms with Crippen LogP contribution in [-0.2, 0) is 14.8 Å². The maximum atomic E-state index is 12.8. The Labute approximate surface area is 160 Å². The first-order valence-electron chi connectivity index (χ1n) is 7.12. The number of thiophene rings is 1. The Hall–Kier alpha value is -0.0900. The summed E-state index contributed by atoms with van der Waals surface area (Å²) in [5.74, 6) is -0.731. The predicted octanol–water partition coefficient (Wildman–Crippen LogP) is 2.55. The molecule has 11 heteroatoms. The number of sulfonamides is 1. The third kappa shape index (κ3) is 3.56. The van der Waals surface area contributed by atoms with E-state index in [0.29, 0.717) is 32.6 Å². The minimum absolute atomic E-state index is 0. The van der Waals surface area contributed by atoms with Crippen molar-refractivity contribution in [1.82, 2.24) is 9.62 Å². The fourth-order valence-electron chi connectivity index (χ4n) is 3.45. The molecule has 0 amide bonds. The fourth-order valence-corrected chi connectivity index (χ4v) is 7.07. The molecule has 2 saturated heterocycles. The van der Waals surface area contributed by atoms with Crippen LogP contribution in [0.1, 0.15) is 12.8 Å². The lowest BCUT2D eigenvalue weighted by Gasteiger charge is -2.27. The first-order valence-corrected chi connectivity index (χ1v) is 10.1. The molecule has 0 bridgehead atoms. The molecular formula is C13H17Cl3N2O4S2. The van der Waals surface area contributed by atoms with Gasteiger partial charge in [-0.2, -0.15) is 4.31 Å². The summed E-state index contributed by atoms with van der Waals surface area (Å²) in [5.41, 5.74) is -0.309. The van der Waals surface area contributed by atoms with E-state index in [9.17, 15) is 13.2 Å². The molecule has 0 saturated carbocycles. The molecular weight excluding hydrogens is 419 g/mol. The van der Waals surface area contributed by atoms with Crippen LogP contribution >= 0.6 is 46.9 Å². The molecule has 2 aliphatic rings. The van der Waals surface area contributed by atoms with Crippen molar-refractivity contribution in [2.75, 3.05) is 26.2 Å². The Balaban J connectivity index is 0.00000208. The van der Waals surface area contributed by atoms with Crippen molar-refractivity contribution in [3.63, 3.8) is 0 Å². The van der Waals surface area contributed by atoms with Crippen molar-refractivity contribution in [3.05, 3.63) is 15.4 Å². The van der Waals surface area contributed by atoms with E-state index in [1.807, 2.05) is 0 Å². The Bertz CT molecular complexity index is 720. The number of carbonyl (C=O) groups is 1. The molecule has 1 aromatic heterocycles. The number of hydrogen-bond acceptors (Lipinski definition) is 5. The van der Waals surface area contributed by atoms with Gasteiger partial charge < -0.3 is 10.4 Å². The molecule has 0 radical (unpaired) electrons. The number of hydrogen-bond donors (Lipinski definition) is 2. The van der Waals surface area contributed by atoms with Gasteiger partial charge in [-0.3, -0.25) is 4.79 Å². The number of aliphatic carboxylic acids is 1. The fraction of sp³-hybridized carbons (Fsp3) is 0.615. The maximum absolute atomic E-state index is 12.8. The van der Waals surface area contributed by atoms with Gasteiger partial charge in [0.1, 0.15) is 8.55 Å². The minimum Gasteiger partial charge on any atom is -0.481 e. The smallest absolute Gasteiger partial charge is 0.303 e. The maximum Gasteiger partial charge on any atom is 0.303 e. The van der Waals surface area contributed by atoms with Crippen LogP contribution in [-0.4, -0.2) is 50.0 Å². The van der Waals surface area contributed by atoms with Crippen LogP contribution in [0.2, 0.25) is 9.36 Å². The van der Waals surface area contributed by atoms with E-state index < -0.39 is 16.0 Å². The van der Waals surface area contributed by atoms with Crippen LogP contribution in [0, 0.1) is 11.3 Å². The van der Waals surface area contributed by atoms with Gasteiger partial charge in [-0.05, 0) is 24.9 Å². The van der Waals surface area contributed by atoms with Crippen molar-refractivity contribution in [2.45, 2.75) is 17.1 Å². The van der Waals surface area contributed by atoms with Crippen molar-refractivity contribution in [2.24, 2.45) is 11.3 Å². The average molecular weight is 436 g/mol. The molecule has 3 rings (SSSR count). The Morgan fingerprint density at radius 2 is 2.21 bits per heavy atom. The molecule has 2 unspecified atom stereocenters. The highest BCUT2D eigenvalue weighted by Gasteiger charge is 2.52. The van der Waals surface area contributed by atoms with Crippen LogP contribution in [0.5, 0.6) is 0 Å². The van der Waals surface area contributed by atoms with Gasteiger partial charge in [-0.25, -0.2) is 8.42 Å². The van der Waals surface area contributed by atoms with E-state index in [1.54, 1.807) is 0 Å². The lowest BCUT2D eigenvalue weighted by atomic mass is 9.77. The average Bonchev–Trinajstić information content (AvgIpc) is 3.10. The molecule has 2 fully saturated rings. The van der Waals surface area contributed by atoms with E-state index in [2.05, 4.69) is 5.32 Å². The summed E-state index contributed by atoms with van der Waals surface area (Å²) in [7, 11) is -3.65. The first kappa shape index (κ1) is 20.2. The zero-order valence-electron chi connectivity index (χ0n) is 12.5. The molecule has 0 spiro atoms. The molecule has 6 nitrogen and oxygen atoms in total. The van der Waals surface area contributed by atoms with Crippen molar-refractivity contribution in [1.29, 1.82) is 0 Å². The van der Waals surface area contributed by atoms with Crippen LogP contribution in [0.15, 0.2) is 10.3 Å². The number of nitrogens with zero attached hydrogens (tertiary/aromatic N) is 1. The van der Waals surface area contributed by atoms with Gasteiger partial charge in [0, 0.05) is 31.5 Å². The third-order valence-corrected chi connectivity index (χ3v) is 8.83. The monoisotopic (exact) mass is 434 g/mol. The van der Waals surface area contributed by atoms with E-state index in [4.69, 9.17) is 28.3 Å². The summed E-state index contributed by atoms with van der Waals surface area (Å²) in [6.45, 7) is 2.07. The zero-order valence-corrected chi connectivity index (χ0v) is 16.5. The minimum atomic E-state index is -3.65. The number of nitrogens with one attached hydrogen (secondary N) is 1. The number of carboxylic acid groups (broad SMARTS) is 1. The number of carboxylic acids is 1. The van der Waals surface area contributed by atoms with E-state index in [0.717, 1.165) is 11.3 Å². The molecule has 2 N–H and O–H groups in total. The molecule has 2 aliphatic heterocycles. The van der Waals surface area contributed by atoms with E-state index in [1.165, 1.54) is 10.4 Å². The molecule has 2 atom stereocenters. The lowest BCUT2D eigenvalue weighted by Crippen LogP contribution is -2.35. The molecule has 0 aliphatic carbocycles. The van der Waals surface area contributed by atoms with Gasteiger partial charge in [-0.1, -0.05) is 23.2 Å². The van der Waals surface area contributed by atoms with Gasteiger partial charge in [-0.15, -0.1) is 23.7 Å². The quantitative estimate of drug-likeness (QED) is 0.742. The molecule has 1 aromatic rings. The van der Waals surface area contributed by atoms with Crippen molar-refractivity contribution in [3.8, 4) is 0 Å². The number of halogens is 3. The van der Waals surface area contributed by atoms with E-state index >= 15 is 0 Å². The Kier molecular flexibility index (Phi) is 6.12. The van der Waals surface area contributed by atoms with Crippen molar-refractivity contribution >= 4 is 62.9 Å². The van der Waals surface area contributed by atoms with Gasteiger partial charge >= 0.3 is 5.97 Å². The number of rotatable bonds is 5. The topological polar surface area (TPSA) is 86.7 Å². The van der Waals surface area contributed by atoms with Gasteiger partial charge in [0.25, 0.3) is 10.0 Å². The van der Waals surface area contributed by atoms with Crippen molar-refractivity contribution < 1.29 is 18.3 Å². The summed E-state index contributed by atoms with van der Waals surface area (Å²) in [5, 5.41) is 12.4. The standard InChI is InChI=1S/C13H16Cl2N2O4S2.ClH/c14-9-3-11(22-12(9)15)23(20,21)17-5-8-4-16-6-13(8,7-17)2-1-10(18)19;/h3,8,16H,1-2,4-7H2,(H,18,19);1H. The second-order valence-corrected chi connectivity index (χ2v) is 10.3. The molecule has 0 aromatic carbocycles. The molecule has 136 valence electrons. The third-order valence-electron chi connectivity index (χ3n) is 4.70. The van der Waals surface area contributed by atoms with Crippen LogP contribution < -0.4 is 5.32 Å². The Morgan fingerprint density at radius 3 is 2.79 bits per heavy atom. The second kappa shape index (κ2) is 7.26. The highest BCUT2D eigenvalue weighted by molar-refractivity contribution is 7.91.